The van der Waals surface area contributed by atoms with E-state index in [4.69, 9.17) is 14.2 Å². The van der Waals surface area contributed by atoms with Gasteiger partial charge in [0, 0.05) is 19.4 Å². The van der Waals surface area contributed by atoms with E-state index in [9.17, 15) is 9.59 Å². The van der Waals surface area contributed by atoms with Crippen LogP contribution in [0.2, 0.25) is 0 Å². The molecule has 2 aromatic carbocycles. The molecule has 0 saturated heterocycles. The third-order valence-electron chi connectivity index (χ3n) is 2.96. The van der Waals surface area contributed by atoms with Gasteiger partial charge in [0.15, 0.2) is 0 Å². The Balaban J connectivity index is 2.12. The Labute approximate surface area is 134 Å². The van der Waals surface area contributed by atoms with Crippen LogP contribution in [0.4, 0.5) is 0 Å². The normalized spacial score (nSPS) is 10.0. The van der Waals surface area contributed by atoms with Gasteiger partial charge in [-0.25, -0.2) is 0 Å². The van der Waals surface area contributed by atoms with Gasteiger partial charge in [-0.05, 0) is 23.8 Å². The Kier molecular flexibility index (Phi) is 5.74. The SMILES string of the molecule is CC(=O)OCc1cc(OCc2ccccc2)ccc1OC(C)=O. The first-order chi connectivity index (χ1) is 11.0. The fourth-order valence-corrected chi connectivity index (χ4v) is 1.93. The highest BCUT2D eigenvalue weighted by Crippen LogP contribution is 2.26. The van der Waals surface area contributed by atoms with Crippen molar-refractivity contribution in [3.05, 3.63) is 59.7 Å². The molecule has 0 aliphatic heterocycles. The molecule has 0 aliphatic rings. The van der Waals surface area contributed by atoms with Crippen LogP contribution in [0.1, 0.15) is 25.0 Å². The third-order valence-corrected chi connectivity index (χ3v) is 2.96. The predicted molar refractivity (Wildman–Crippen MR) is 84.0 cm³/mol. The van der Waals surface area contributed by atoms with Crippen LogP contribution in [0.25, 0.3) is 0 Å². The zero-order valence-corrected chi connectivity index (χ0v) is 13.1. The molecule has 5 nitrogen and oxygen atoms in total. The third kappa shape index (κ3) is 5.47. The van der Waals surface area contributed by atoms with Crippen LogP contribution in [-0.2, 0) is 27.5 Å². The molecule has 120 valence electrons. The van der Waals surface area contributed by atoms with Gasteiger partial charge in [-0.1, -0.05) is 30.3 Å². The second-order valence-electron chi connectivity index (χ2n) is 4.92. The minimum Gasteiger partial charge on any atom is -0.489 e. The number of rotatable bonds is 6. The molecule has 0 aromatic heterocycles. The first-order valence-electron chi connectivity index (χ1n) is 7.16. The molecule has 0 spiro atoms. The number of carbonyl (C=O) groups excluding carboxylic acids is 2. The van der Waals surface area contributed by atoms with Crippen LogP contribution < -0.4 is 9.47 Å². The molecule has 0 bridgehead atoms. The van der Waals surface area contributed by atoms with Gasteiger partial charge in [0.2, 0.25) is 0 Å². The number of hydrogen-bond donors (Lipinski definition) is 0. The summed E-state index contributed by atoms with van der Waals surface area (Å²) in [5.74, 6) is 0.110. The Morgan fingerprint density at radius 2 is 1.65 bits per heavy atom. The molecular weight excluding hydrogens is 296 g/mol. The number of benzene rings is 2. The van der Waals surface area contributed by atoms with Gasteiger partial charge < -0.3 is 14.2 Å². The summed E-state index contributed by atoms with van der Waals surface area (Å²) in [4.78, 5) is 22.1. The van der Waals surface area contributed by atoms with Crippen molar-refractivity contribution >= 4 is 11.9 Å². The molecule has 0 aliphatic carbocycles. The highest BCUT2D eigenvalue weighted by Gasteiger charge is 2.10. The van der Waals surface area contributed by atoms with E-state index in [1.165, 1.54) is 13.8 Å². The molecule has 23 heavy (non-hydrogen) atoms. The van der Waals surface area contributed by atoms with Gasteiger partial charge in [0.05, 0.1) is 0 Å². The van der Waals surface area contributed by atoms with E-state index >= 15 is 0 Å². The lowest BCUT2D eigenvalue weighted by Gasteiger charge is -2.12. The van der Waals surface area contributed by atoms with Crippen molar-refractivity contribution in [2.75, 3.05) is 0 Å². The molecule has 0 amide bonds. The molecule has 2 aromatic rings. The molecule has 0 radical (unpaired) electrons. The van der Waals surface area contributed by atoms with Crippen LogP contribution in [0.15, 0.2) is 48.5 Å². The second kappa shape index (κ2) is 7.98. The Morgan fingerprint density at radius 1 is 0.913 bits per heavy atom. The molecule has 0 atom stereocenters. The Hall–Kier alpha value is -2.82. The Bertz CT molecular complexity index is 679. The summed E-state index contributed by atoms with van der Waals surface area (Å²) in [5, 5.41) is 0. The Morgan fingerprint density at radius 3 is 2.30 bits per heavy atom. The van der Waals surface area contributed by atoms with E-state index in [1.54, 1.807) is 18.2 Å². The number of esters is 2. The molecule has 0 unspecified atom stereocenters. The van der Waals surface area contributed by atoms with Crippen molar-refractivity contribution in [2.24, 2.45) is 0 Å². The van der Waals surface area contributed by atoms with Gasteiger partial charge in [-0.2, -0.15) is 0 Å². The van der Waals surface area contributed by atoms with Crippen molar-refractivity contribution in [1.82, 2.24) is 0 Å². The highest BCUT2D eigenvalue weighted by molar-refractivity contribution is 5.70. The average molecular weight is 314 g/mol. The van der Waals surface area contributed by atoms with Crippen LogP contribution >= 0.6 is 0 Å². The maximum absolute atomic E-state index is 11.1. The zero-order valence-electron chi connectivity index (χ0n) is 13.1. The fraction of sp³-hybridized carbons (Fsp3) is 0.222. The van der Waals surface area contributed by atoms with Crippen molar-refractivity contribution < 1.29 is 23.8 Å². The number of ether oxygens (including phenoxy) is 3. The van der Waals surface area contributed by atoms with E-state index in [-0.39, 0.29) is 6.61 Å². The maximum Gasteiger partial charge on any atom is 0.308 e. The van der Waals surface area contributed by atoms with Gasteiger partial charge in [0.1, 0.15) is 24.7 Å². The first kappa shape index (κ1) is 16.5. The largest absolute Gasteiger partial charge is 0.489 e. The van der Waals surface area contributed by atoms with Crippen molar-refractivity contribution in [3.8, 4) is 11.5 Å². The lowest BCUT2D eigenvalue weighted by Crippen LogP contribution is -2.07. The minimum absolute atomic E-state index is 0.0144. The average Bonchev–Trinajstić information content (AvgIpc) is 2.53. The maximum atomic E-state index is 11.1. The summed E-state index contributed by atoms with van der Waals surface area (Å²) in [6, 6.07) is 14.8. The van der Waals surface area contributed by atoms with Crippen molar-refractivity contribution in [2.45, 2.75) is 27.1 Å². The molecule has 0 saturated carbocycles. The lowest BCUT2D eigenvalue weighted by atomic mass is 10.2. The first-order valence-corrected chi connectivity index (χ1v) is 7.16. The summed E-state index contributed by atoms with van der Waals surface area (Å²) >= 11 is 0. The molecule has 0 fully saturated rings. The van der Waals surface area contributed by atoms with E-state index in [1.807, 2.05) is 30.3 Å². The van der Waals surface area contributed by atoms with Gasteiger partial charge >= 0.3 is 11.9 Å². The van der Waals surface area contributed by atoms with Gasteiger partial charge in [-0.3, -0.25) is 9.59 Å². The molecule has 0 N–H and O–H groups in total. The van der Waals surface area contributed by atoms with Crippen molar-refractivity contribution in [1.29, 1.82) is 0 Å². The highest BCUT2D eigenvalue weighted by atomic mass is 16.5. The summed E-state index contributed by atoms with van der Waals surface area (Å²) in [7, 11) is 0. The van der Waals surface area contributed by atoms with Crippen LogP contribution in [0, 0.1) is 0 Å². The van der Waals surface area contributed by atoms with E-state index in [0.717, 1.165) is 5.56 Å². The summed E-state index contributed by atoms with van der Waals surface area (Å²) in [6.45, 7) is 3.07. The van der Waals surface area contributed by atoms with E-state index < -0.39 is 11.9 Å². The lowest BCUT2D eigenvalue weighted by molar-refractivity contribution is -0.142. The summed E-state index contributed by atoms with van der Waals surface area (Å²) < 4.78 is 15.8. The topological polar surface area (TPSA) is 61.8 Å². The fourth-order valence-electron chi connectivity index (χ4n) is 1.93. The van der Waals surface area contributed by atoms with Crippen LogP contribution in [-0.4, -0.2) is 11.9 Å². The van der Waals surface area contributed by atoms with Crippen molar-refractivity contribution in [3.63, 3.8) is 0 Å². The second-order valence-corrected chi connectivity index (χ2v) is 4.92. The molecular formula is C18H18O5. The number of carbonyl (C=O) groups is 2. The van der Waals surface area contributed by atoms with Crippen LogP contribution in [0.5, 0.6) is 11.5 Å². The summed E-state index contributed by atoms with van der Waals surface area (Å²) in [5.41, 5.74) is 1.61. The van der Waals surface area contributed by atoms with E-state index in [2.05, 4.69) is 0 Å². The summed E-state index contributed by atoms with van der Waals surface area (Å²) in [6.07, 6.45) is 0. The molecule has 0 heterocycles. The van der Waals surface area contributed by atoms with Gasteiger partial charge in [-0.15, -0.1) is 0 Å². The minimum atomic E-state index is -0.438. The standard InChI is InChI=1S/C18H18O5/c1-13(19)21-12-16-10-17(8-9-18(16)23-14(2)20)22-11-15-6-4-3-5-7-15/h3-10H,11-12H2,1-2H3. The monoisotopic (exact) mass is 314 g/mol. The number of hydrogen-bond acceptors (Lipinski definition) is 5. The van der Waals surface area contributed by atoms with Crippen LogP contribution in [0.3, 0.4) is 0 Å². The quantitative estimate of drug-likeness (QED) is 0.605. The van der Waals surface area contributed by atoms with Gasteiger partial charge in [0.25, 0.3) is 0 Å². The smallest absolute Gasteiger partial charge is 0.308 e. The zero-order chi connectivity index (χ0) is 16.7. The molecule has 5 heteroatoms. The predicted octanol–water partition coefficient (Wildman–Crippen LogP) is 3.25. The molecule has 2 rings (SSSR count). The van der Waals surface area contributed by atoms with E-state index in [0.29, 0.717) is 23.7 Å².